The molecule has 2 rings (SSSR count). The zero-order valence-corrected chi connectivity index (χ0v) is 12.0. The first-order valence-corrected chi connectivity index (χ1v) is 6.54. The molecule has 1 aliphatic rings. The van der Waals surface area contributed by atoms with Gasteiger partial charge in [-0.15, -0.1) is 0 Å². The molecular formula is C15H21FN2O. The van der Waals surface area contributed by atoms with Gasteiger partial charge in [0.05, 0.1) is 5.41 Å². The van der Waals surface area contributed by atoms with Gasteiger partial charge in [-0.3, -0.25) is 4.79 Å². The average Bonchev–Trinajstić information content (AvgIpc) is 2.69. The highest BCUT2D eigenvalue weighted by Gasteiger charge is 2.44. The van der Waals surface area contributed by atoms with Crippen molar-refractivity contribution in [1.82, 2.24) is 0 Å². The SMILES string of the molecule is CC(C)(N)C(C)(C)C(=O)N1CCc2ccc(F)cc21. The highest BCUT2D eigenvalue weighted by Crippen LogP contribution is 2.36. The topological polar surface area (TPSA) is 46.3 Å². The second-order valence-corrected chi connectivity index (χ2v) is 6.33. The highest BCUT2D eigenvalue weighted by atomic mass is 19.1. The van der Waals surface area contributed by atoms with Crippen molar-refractivity contribution in [2.24, 2.45) is 11.1 Å². The molecule has 0 saturated carbocycles. The van der Waals surface area contributed by atoms with Gasteiger partial charge in [-0.2, -0.15) is 0 Å². The van der Waals surface area contributed by atoms with Crippen LogP contribution in [0.1, 0.15) is 33.3 Å². The van der Waals surface area contributed by atoms with E-state index in [0.29, 0.717) is 12.2 Å². The Balaban J connectivity index is 2.37. The normalized spacial score (nSPS) is 15.6. The number of fused-ring (bicyclic) bond motifs is 1. The smallest absolute Gasteiger partial charge is 0.234 e. The van der Waals surface area contributed by atoms with Crippen molar-refractivity contribution in [3.05, 3.63) is 29.6 Å². The molecule has 4 heteroatoms. The van der Waals surface area contributed by atoms with Crippen LogP contribution in [-0.4, -0.2) is 18.0 Å². The number of nitrogens with two attached hydrogens (primary N) is 1. The quantitative estimate of drug-likeness (QED) is 0.892. The summed E-state index contributed by atoms with van der Waals surface area (Å²) in [5.41, 5.74) is 6.46. The van der Waals surface area contributed by atoms with Crippen LogP contribution in [0.3, 0.4) is 0 Å². The summed E-state index contributed by atoms with van der Waals surface area (Å²) in [6.45, 7) is 7.96. The van der Waals surface area contributed by atoms with Crippen molar-refractivity contribution in [1.29, 1.82) is 0 Å². The Bertz CT molecular complexity index is 517. The maximum absolute atomic E-state index is 13.4. The molecule has 0 aliphatic carbocycles. The first-order valence-electron chi connectivity index (χ1n) is 6.54. The largest absolute Gasteiger partial charge is 0.325 e. The van der Waals surface area contributed by atoms with Crippen LogP contribution in [0.15, 0.2) is 18.2 Å². The summed E-state index contributed by atoms with van der Waals surface area (Å²) >= 11 is 0. The third-order valence-corrected chi connectivity index (χ3v) is 4.33. The van der Waals surface area contributed by atoms with Crippen LogP contribution in [0.2, 0.25) is 0 Å². The Morgan fingerprint density at radius 1 is 1.32 bits per heavy atom. The number of benzene rings is 1. The fraction of sp³-hybridized carbons (Fsp3) is 0.533. The summed E-state index contributed by atoms with van der Waals surface area (Å²) < 4.78 is 13.4. The molecular weight excluding hydrogens is 243 g/mol. The molecule has 0 atom stereocenters. The van der Waals surface area contributed by atoms with E-state index < -0.39 is 11.0 Å². The molecule has 1 aromatic carbocycles. The zero-order valence-electron chi connectivity index (χ0n) is 12.0. The molecule has 3 nitrogen and oxygen atoms in total. The van der Waals surface area contributed by atoms with Crippen LogP contribution in [0.5, 0.6) is 0 Å². The van der Waals surface area contributed by atoms with E-state index in [9.17, 15) is 9.18 Å². The Morgan fingerprint density at radius 2 is 1.95 bits per heavy atom. The van der Waals surface area contributed by atoms with Crippen LogP contribution >= 0.6 is 0 Å². The van der Waals surface area contributed by atoms with Gasteiger partial charge in [0.2, 0.25) is 5.91 Å². The third kappa shape index (κ3) is 2.25. The van der Waals surface area contributed by atoms with E-state index in [1.807, 2.05) is 27.7 Å². The molecule has 0 radical (unpaired) electrons. The van der Waals surface area contributed by atoms with Crippen molar-refractivity contribution in [3.63, 3.8) is 0 Å². The number of nitrogens with zero attached hydrogens (tertiary/aromatic N) is 1. The molecule has 1 aliphatic heterocycles. The number of rotatable bonds is 2. The molecule has 0 saturated heterocycles. The molecule has 19 heavy (non-hydrogen) atoms. The Labute approximate surface area is 113 Å². The Kier molecular flexibility index (Phi) is 3.17. The molecule has 0 aromatic heterocycles. The minimum Gasteiger partial charge on any atom is -0.325 e. The summed E-state index contributed by atoms with van der Waals surface area (Å²) in [6.07, 6.45) is 0.766. The van der Waals surface area contributed by atoms with Crippen molar-refractivity contribution in [2.75, 3.05) is 11.4 Å². The van der Waals surface area contributed by atoms with Gasteiger partial charge in [-0.1, -0.05) is 6.07 Å². The van der Waals surface area contributed by atoms with E-state index in [4.69, 9.17) is 5.73 Å². The van der Waals surface area contributed by atoms with Crippen molar-refractivity contribution in [2.45, 2.75) is 39.7 Å². The van der Waals surface area contributed by atoms with Gasteiger partial charge in [-0.25, -0.2) is 4.39 Å². The standard InChI is InChI=1S/C15H21FN2O/c1-14(2,15(3,4)17)13(19)18-8-7-10-5-6-11(16)9-12(10)18/h5-6,9H,7-8,17H2,1-4H3. The van der Waals surface area contributed by atoms with Crippen LogP contribution in [0, 0.1) is 11.2 Å². The average molecular weight is 264 g/mol. The number of amides is 1. The first-order chi connectivity index (χ1) is 8.64. The summed E-state index contributed by atoms with van der Waals surface area (Å²) in [5.74, 6) is -0.368. The summed E-state index contributed by atoms with van der Waals surface area (Å²) in [7, 11) is 0. The molecule has 0 bridgehead atoms. The van der Waals surface area contributed by atoms with Crippen LogP contribution < -0.4 is 10.6 Å². The second-order valence-electron chi connectivity index (χ2n) is 6.33. The minimum absolute atomic E-state index is 0.0515. The van der Waals surface area contributed by atoms with Crippen molar-refractivity contribution >= 4 is 11.6 Å². The van der Waals surface area contributed by atoms with Gasteiger partial charge in [-0.05, 0) is 51.8 Å². The van der Waals surface area contributed by atoms with Gasteiger partial charge in [0.25, 0.3) is 0 Å². The third-order valence-electron chi connectivity index (χ3n) is 4.33. The highest BCUT2D eigenvalue weighted by molar-refractivity contribution is 5.99. The molecule has 1 amide bonds. The van der Waals surface area contributed by atoms with Crippen molar-refractivity contribution < 1.29 is 9.18 Å². The fourth-order valence-electron chi connectivity index (χ4n) is 2.18. The minimum atomic E-state index is -0.707. The van der Waals surface area contributed by atoms with Gasteiger partial charge < -0.3 is 10.6 Å². The second kappa shape index (κ2) is 4.30. The van der Waals surface area contributed by atoms with E-state index in [1.165, 1.54) is 12.1 Å². The van der Waals surface area contributed by atoms with E-state index in [-0.39, 0.29) is 11.7 Å². The lowest BCUT2D eigenvalue weighted by atomic mass is 9.74. The summed E-state index contributed by atoms with van der Waals surface area (Å²) in [6, 6.07) is 4.61. The molecule has 1 heterocycles. The van der Waals surface area contributed by atoms with E-state index in [0.717, 1.165) is 12.0 Å². The number of carbonyl (C=O) groups is 1. The van der Waals surface area contributed by atoms with Crippen LogP contribution in [-0.2, 0) is 11.2 Å². The first kappa shape index (κ1) is 14.0. The molecule has 104 valence electrons. The molecule has 0 spiro atoms. The van der Waals surface area contributed by atoms with E-state index in [1.54, 1.807) is 11.0 Å². The number of anilines is 1. The van der Waals surface area contributed by atoms with E-state index >= 15 is 0 Å². The van der Waals surface area contributed by atoms with Gasteiger partial charge in [0.15, 0.2) is 0 Å². The molecule has 0 fully saturated rings. The predicted molar refractivity (Wildman–Crippen MR) is 74.5 cm³/mol. The number of carbonyl (C=O) groups excluding carboxylic acids is 1. The predicted octanol–water partition coefficient (Wildman–Crippen LogP) is 2.48. The molecule has 2 N–H and O–H groups in total. The lowest BCUT2D eigenvalue weighted by Gasteiger charge is -2.39. The number of hydrogen-bond acceptors (Lipinski definition) is 2. The van der Waals surface area contributed by atoms with Crippen LogP contribution in [0.4, 0.5) is 10.1 Å². The Hall–Kier alpha value is -1.42. The van der Waals surface area contributed by atoms with Crippen molar-refractivity contribution in [3.8, 4) is 0 Å². The zero-order chi connectivity index (χ0) is 14.4. The summed E-state index contributed by atoms with van der Waals surface area (Å²) in [5, 5.41) is 0. The maximum atomic E-state index is 13.4. The fourth-order valence-corrected chi connectivity index (χ4v) is 2.18. The number of halogens is 1. The molecule has 1 aromatic rings. The number of hydrogen-bond donors (Lipinski definition) is 1. The van der Waals surface area contributed by atoms with Gasteiger partial charge in [0, 0.05) is 17.8 Å². The lowest BCUT2D eigenvalue weighted by Crippen LogP contribution is -2.56. The monoisotopic (exact) mass is 264 g/mol. The van der Waals surface area contributed by atoms with Gasteiger partial charge in [0.1, 0.15) is 5.82 Å². The van der Waals surface area contributed by atoms with E-state index in [2.05, 4.69) is 0 Å². The summed E-state index contributed by atoms with van der Waals surface area (Å²) in [4.78, 5) is 14.4. The maximum Gasteiger partial charge on any atom is 0.234 e. The lowest BCUT2D eigenvalue weighted by molar-refractivity contribution is -0.129. The Morgan fingerprint density at radius 3 is 2.53 bits per heavy atom. The molecule has 0 unspecified atom stereocenters. The van der Waals surface area contributed by atoms with Gasteiger partial charge >= 0.3 is 0 Å². The van der Waals surface area contributed by atoms with Crippen LogP contribution in [0.25, 0.3) is 0 Å².